The number of likely N-dealkylation sites (tertiary alicyclic amines) is 1. The molecular weight excluding hydrogens is 324 g/mol. The smallest absolute Gasteiger partial charge is 0.311 e. The molecule has 8 nitrogen and oxygen atoms in total. The lowest BCUT2D eigenvalue weighted by atomic mass is 10.2. The van der Waals surface area contributed by atoms with Gasteiger partial charge in [0.2, 0.25) is 11.6 Å². The molecule has 3 rings (SSSR count). The van der Waals surface area contributed by atoms with Gasteiger partial charge in [-0.25, -0.2) is 4.68 Å². The zero-order valence-electron chi connectivity index (χ0n) is 14.3. The monoisotopic (exact) mass is 344 g/mol. The lowest BCUT2D eigenvalue weighted by Gasteiger charge is -2.13. The van der Waals surface area contributed by atoms with Crippen molar-refractivity contribution in [3.63, 3.8) is 0 Å². The Bertz CT molecular complexity index is 809. The first kappa shape index (κ1) is 16.9. The van der Waals surface area contributed by atoms with Crippen LogP contribution in [0.1, 0.15) is 35.8 Å². The van der Waals surface area contributed by atoms with Crippen molar-refractivity contribution in [1.29, 1.82) is 0 Å². The van der Waals surface area contributed by atoms with E-state index >= 15 is 0 Å². The molecule has 2 aromatic rings. The third kappa shape index (κ3) is 3.19. The van der Waals surface area contributed by atoms with Crippen LogP contribution in [-0.4, -0.2) is 38.6 Å². The van der Waals surface area contributed by atoms with Crippen molar-refractivity contribution in [2.45, 2.75) is 33.2 Å². The molecule has 0 atom stereocenters. The van der Waals surface area contributed by atoms with E-state index in [4.69, 9.17) is 4.74 Å². The molecule has 1 saturated heterocycles. The fraction of sp³-hybridized carbons (Fsp3) is 0.412. The van der Waals surface area contributed by atoms with E-state index < -0.39 is 4.92 Å². The molecule has 0 radical (unpaired) electrons. The van der Waals surface area contributed by atoms with Gasteiger partial charge in [-0.1, -0.05) is 12.1 Å². The van der Waals surface area contributed by atoms with Crippen LogP contribution >= 0.6 is 0 Å². The second kappa shape index (κ2) is 6.92. The fourth-order valence-corrected chi connectivity index (χ4v) is 2.95. The van der Waals surface area contributed by atoms with Crippen molar-refractivity contribution in [3.05, 3.63) is 45.6 Å². The molecule has 2 heterocycles. The minimum absolute atomic E-state index is 0.116. The van der Waals surface area contributed by atoms with E-state index in [1.807, 2.05) is 6.92 Å². The number of aromatic nitrogens is 2. The number of carbonyl (C=O) groups is 1. The summed E-state index contributed by atoms with van der Waals surface area (Å²) in [5, 5.41) is 15.6. The maximum absolute atomic E-state index is 12.7. The van der Waals surface area contributed by atoms with E-state index in [0.29, 0.717) is 23.7 Å². The highest BCUT2D eigenvalue weighted by atomic mass is 16.6. The normalized spacial score (nSPS) is 13.9. The Balaban J connectivity index is 1.97. The van der Waals surface area contributed by atoms with Crippen LogP contribution < -0.4 is 4.74 Å². The highest BCUT2D eigenvalue weighted by Gasteiger charge is 2.28. The van der Waals surface area contributed by atoms with Crippen LogP contribution in [0.2, 0.25) is 0 Å². The lowest BCUT2D eigenvalue weighted by molar-refractivity contribution is -0.385. The van der Waals surface area contributed by atoms with Crippen molar-refractivity contribution in [2.75, 3.05) is 13.1 Å². The second-order valence-electron chi connectivity index (χ2n) is 5.92. The highest BCUT2D eigenvalue weighted by molar-refractivity contribution is 5.94. The van der Waals surface area contributed by atoms with Gasteiger partial charge in [-0.2, -0.15) is 5.10 Å². The minimum Gasteiger partial charge on any atom is -0.432 e. The van der Waals surface area contributed by atoms with Crippen LogP contribution in [-0.2, 0) is 6.54 Å². The Hall–Kier alpha value is -2.90. The number of amides is 1. The number of hydrogen-bond donors (Lipinski definition) is 0. The van der Waals surface area contributed by atoms with E-state index in [-0.39, 0.29) is 17.3 Å². The van der Waals surface area contributed by atoms with Gasteiger partial charge in [-0.15, -0.1) is 0 Å². The zero-order valence-corrected chi connectivity index (χ0v) is 14.3. The number of hydrogen-bond acceptors (Lipinski definition) is 5. The van der Waals surface area contributed by atoms with Crippen molar-refractivity contribution < 1.29 is 14.5 Å². The number of carbonyl (C=O) groups excluding carboxylic acids is 1. The molecule has 1 amide bonds. The van der Waals surface area contributed by atoms with E-state index in [1.165, 1.54) is 12.1 Å². The summed E-state index contributed by atoms with van der Waals surface area (Å²) < 4.78 is 7.37. The Labute approximate surface area is 145 Å². The van der Waals surface area contributed by atoms with Gasteiger partial charge in [0.25, 0.3) is 5.91 Å². The fourth-order valence-electron chi connectivity index (χ4n) is 2.95. The molecule has 1 aromatic carbocycles. The van der Waals surface area contributed by atoms with Gasteiger partial charge in [0.1, 0.15) is 0 Å². The van der Waals surface area contributed by atoms with Gasteiger partial charge in [0, 0.05) is 31.3 Å². The average molecular weight is 344 g/mol. The summed E-state index contributed by atoms with van der Waals surface area (Å²) in [6, 6.07) is 6.16. The molecule has 8 heteroatoms. The summed E-state index contributed by atoms with van der Waals surface area (Å²) in [6.07, 6.45) is 2.00. The van der Waals surface area contributed by atoms with E-state index in [1.54, 1.807) is 28.6 Å². The van der Waals surface area contributed by atoms with Crippen LogP contribution in [0.25, 0.3) is 0 Å². The Morgan fingerprint density at radius 1 is 1.32 bits per heavy atom. The van der Waals surface area contributed by atoms with Crippen molar-refractivity contribution in [1.82, 2.24) is 14.7 Å². The predicted octanol–water partition coefficient (Wildman–Crippen LogP) is 3.15. The quantitative estimate of drug-likeness (QED) is 0.614. The standard InChI is InChI=1S/C17H20N4O4/c1-3-20-17(25-14-9-5-4-8-13(14)21(23)24)12(2)15(18-20)16(22)19-10-6-7-11-19/h4-5,8-9H,3,6-7,10-11H2,1-2H3. The minimum atomic E-state index is -0.492. The number of benzene rings is 1. The third-order valence-corrected chi connectivity index (χ3v) is 4.30. The molecule has 25 heavy (non-hydrogen) atoms. The molecule has 1 aromatic heterocycles. The highest BCUT2D eigenvalue weighted by Crippen LogP contribution is 2.34. The van der Waals surface area contributed by atoms with E-state index in [0.717, 1.165) is 25.9 Å². The number of aryl methyl sites for hydroxylation is 1. The van der Waals surface area contributed by atoms with Gasteiger partial charge in [-0.3, -0.25) is 14.9 Å². The van der Waals surface area contributed by atoms with Crippen LogP contribution in [0.3, 0.4) is 0 Å². The SMILES string of the molecule is CCn1nc(C(=O)N2CCCC2)c(C)c1Oc1ccccc1[N+](=O)[O-]. The third-order valence-electron chi connectivity index (χ3n) is 4.30. The summed E-state index contributed by atoms with van der Waals surface area (Å²) in [5.41, 5.74) is 0.812. The molecule has 0 unspecified atom stereocenters. The molecule has 0 N–H and O–H groups in total. The maximum atomic E-state index is 12.7. The molecule has 0 spiro atoms. The van der Waals surface area contributed by atoms with Crippen molar-refractivity contribution >= 4 is 11.6 Å². The number of nitrogens with zero attached hydrogens (tertiary/aromatic N) is 4. The summed E-state index contributed by atoms with van der Waals surface area (Å²) in [5.74, 6) is 0.374. The summed E-state index contributed by atoms with van der Waals surface area (Å²) in [7, 11) is 0. The first-order valence-electron chi connectivity index (χ1n) is 8.31. The zero-order chi connectivity index (χ0) is 18.0. The number of ether oxygens (including phenoxy) is 1. The molecule has 1 aliphatic heterocycles. The first-order valence-corrected chi connectivity index (χ1v) is 8.31. The van der Waals surface area contributed by atoms with Gasteiger partial charge >= 0.3 is 5.69 Å². The largest absolute Gasteiger partial charge is 0.432 e. The van der Waals surface area contributed by atoms with Crippen molar-refractivity contribution in [3.8, 4) is 11.6 Å². The van der Waals surface area contributed by atoms with E-state index in [2.05, 4.69) is 5.10 Å². The van der Waals surface area contributed by atoms with Gasteiger partial charge in [0.15, 0.2) is 5.69 Å². The topological polar surface area (TPSA) is 90.5 Å². The van der Waals surface area contributed by atoms with Crippen molar-refractivity contribution in [2.24, 2.45) is 0 Å². The summed E-state index contributed by atoms with van der Waals surface area (Å²) >= 11 is 0. The number of rotatable bonds is 5. The molecule has 132 valence electrons. The van der Waals surface area contributed by atoms with Crippen LogP contribution in [0, 0.1) is 17.0 Å². The van der Waals surface area contributed by atoms with Gasteiger partial charge < -0.3 is 9.64 Å². The number of nitro groups is 1. The van der Waals surface area contributed by atoms with Crippen LogP contribution in [0.15, 0.2) is 24.3 Å². The van der Waals surface area contributed by atoms with Crippen LogP contribution in [0.5, 0.6) is 11.6 Å². The molecule has 0 aliphatic carbocycles. The maximum Gasteiger partial charge on any atom is 0.311 e. The predicted molar refractivity (Wildman–Crippen MR) is 90.9 cm³/mol. The lowest BCUT2D eigenvalue weighted by Crippen LogP contribution is -2.28. The Morgan fingerprint density at radius 3 is 2.64 bits per heavy atom. The van der Waals surface area contributed by atoms with E-state index in [9.17, 15) is 14.9 Å². The molecule has 0 bridgehead atoms. The van der Waals surface area contributed by atoms with Gasteiger partial charge in [0.05, 0.1) is 4.92 Å². The van der Waals surface area contributed by atoms with Crippen LogP contribution in [0.4, 0.5) is 5.69 Å². The Kier molecular flexibility index (Phi) is 4.69. The second-order valence-corrected chi connectivity index (χ2v) is 5.92. The van der Waals surface area contributed by atoms with Gasteiger partial charge in [-0.05, 0) is 32.8 Å². The Morgan fingerprint density at radius 2 is 2.00 bits per heavy atom. The molecule has 1 fully saturated rings. The first-order chi connectivity index (χ1) is 12.0. The summed E-state index contributed by atoms with van der Waals surface area (Å²) in [4.78, 5) is 25.1. The molecular formula is C17H20N4O4. The average Bonchev–Trinajstić information content (AvgIpc) is 3.24. The molecule has 1 aliphatic rings. The molecule has 0 saturated carbocycles. The number of nitro benzene ring substituents is 1. The summed E-state index contributed by atoms with van der Waals surface area (Å²) in [6.45, 7) is 5.59. The number of para-hydroxylation sites is 2.